The van der Waals surface area contributed by atoms with Gasteiger partial charge in [0.05, 0.1) is 10.5 Å². The highest BCUT2D eigenvalue weighted by atomic mass is 35.5. The molecule has 0 bridgehead atoms. The van der Waals surface area contributed by atoms with Gasteiger partial charge in [-0.05, 0) is 37.8 Å². The van der Waals surface area contributed by atoms with Crippen molar-refractivity contribution in [2.24, 2.45) is 0 Å². The quantitative estimate of drug-likeness (QED) is 0.890. The van der Waals surface area contributed by atoms with Crippen molar-refractivity contribution in [3.63, 3.8) is 0 Å². The molecule has 0 saturated heterocycles. The number of benzene rings is 1. The Kier molecular flexibility index (Phi) is 4.28. The van der Waals surface area contributed by atoms with Gasteiger partial charge in [-0.25, -0.2) is 4.39 Å². The Labute approximate surface area is 150 Å². The van der Waals surface area contributed by atoms with E-state index in [0.29, 0.717) is 5.52 Å². The number of rotatable bonds is 3. The molecule has 0 radical (unpaired) electrons. The van der Waals surface area contributed by atoms with Crippen molar-refractivity contribution >= 4 is 28.4 Å². The molecule has 0 spiro atoms. The molecule has 6 heteroatoms. The summed E-state index contributed by atoms with van der Waals surface area (Å²) in [5, 5.41) is 3.18. The molecule has 1 heterocycles. The molecule has 2 aromatic rings. The number of carbonyl (C=O) groups is 1. The fourth-order valence-electron chi connectivity index (χ4n) is 3.67. The molecule has 0 atom stereocenters. The van der Waals surface area contributed by atoms with Crippen LogP contribution in [0.25, 0.3) is 10.9 Å². The van der Waals surface area contributed by atoms with Gasteiger partial charge in [-0.2, -0.15) is 0 Å². The lowest BCUT2D eigenvalue weighted by Gasteiger charge is -2.23. The van der Waals surface area contributed by atoms with Crippen LogP contribution >= 0.6 is 11.6 Å². The van der Waals surface area contributed by atoms with Crippen LogP contribution in [0, 0.1) is 5.82 Å². The van der Waals surface area contributed by atoms with Gasteiger partial charge in [-0.15, -0.1) is 0 Å². The van der Waals surface area contributed by atoms with Gasteiger partial charge < -0.3 is 9.88 Å². The molecule has 132 valence electrons. The molecule has 0 aliphatic heterocycles. The molecule has 4 rings (SSSR count). The predicted octanol–water partition coefficient (Wildman–Crippen LogP) is 4.19. The highest BCUT2D eigenvalue weighted by Gasteiger charge is 2.28. The molecule has 1 aromatic heterocycles. The molecule has 0 unspecified atom stereocenters. The molecule has 4 nitrogen and oxygen atoms in total. The normalized spacial score (nSPS) is 18.5. The van der Waals surface area contributed by atoms with Crippen molar-refractivity contribution in [3.8, 4) is 0 Å². The number of amides is 1. The van der Waals surface area contributed by atoms with Gasteiger partial charge in [0.2, 0.25) is 5.43 Å². The lowest BCUT2D eigenvalue weighted by molar-refractivity contribution is 0.0926. The molecule has 1 N–H and O–H groups in total. The first-order valence-electron chi connectivity index (χ1n) is 8.89. The Morgan fingerprint density at radius 2 is 1.88 bits per heavy atom. The largest absolute Gasteiger partial charge is 0.349 e. The van der Waals surface area contributed by atoms with Crippen LogP contribution in [0.3, 0.4) is 0 Å². The summed E-state index contributed by atoms with van der Waals surface area (Å²) < 4.78 is 15.8. The maximum absolute atomic E-state index is 13.9. The summed E-state index contributed by atoms with van der Waals surface area (Å²) in [6, 6.07) is 2.99. The topological polar surface area (TPSA) is 51.1 Å². The molecule has 25 heavy (non-hydrogen) atoms. The summed E-state index contributed by atoms with van der Waals surface area (Å²) in [4.78, 5) is 25.5. The number of fused-ring (bicyclic) bond motifs is 1. The average Bonchev–Trinajstić information content (AvgIpc) is 3.43. The second-order valence-electron chi connectivity index (χ2n) is 7.10. The van der Waals surface area contributed by atoms with Gasteiger partial charge >= 0.3 is 0 Å². The Hall–Kier alpha value is -1.88. The van der Waals surface area contributed by atoms with Crippen molar-refractivity contribution < 1.29 is 9.18 Å². The third-order valence-electron chi connectivity index (χ3n) is 5.20. The van der Waals surface area contributed by atoms with Crippen LogP contribution < -0.4 is 10.7 Å². The van der Waals surface area contributed by atoms with Crippen molar-refractivity contribution in [1.82, 2.24) is 9.88 Å². The van der Waals surface area contributed by atoms with E-state index in [1.54, 1.807) is 6.20 Å². The standard InChI is InChI=1S/C19H20ClFN2O2/c20-15-9-17-13(8-16(15)21)18(24)14(10-23(17)12-6-7-12)19(25)22-11-4-2-1-3-5-11/h8-12H,1-7H2,(H,22,25). The van der Waals surface area contributed by atoms with Crippen LogP contribution in [0.15, 0.2) is 23.1 Å². The van der Waals surface area contributed by atoms with E-state index < -0.39 is 11.2 Å². The van der Waals surface area contributed by atoms with Crippen LogP contribution in [0.4, 0.5) is 4.39 Å². The summed E-state index contributed by atoms with van der Waals surface area (Å²) in [6.45, 7) is 0. The molecule has 2 aliphatic rings. The summed E-state index contributed by atoms with van der Waals surface area (Å²) in [6.07, 6.45) is 8.86. The summed E-state index contributed by atoms with van der Waals surface area (Å²) in [5.74, 6) is -0.998. The number of nitrogens with one attached hydrogen (secondary N) is 1. The smallest absolute Gasteiger partial charge is 0.256 e. The van der Waals surface area contributed by atoms with Gasteiger partial charge in [0, 0.05) is 23.7 Å². The van der Waals surface area contributed by atoms with Crippen molar-refractivity contribution in [2.45, 2.75) is 57.0 Å². The van der Waals surface area contributed by atoms with E-state index >= 15 is 0 Å². The number of pyridine rings is 1. The predicted molar refractivity (Wildman–Crippen MR) is 95.8 cm³/mol. The SMILES string of the molecule is O=C(NC1CCCCC1)c1cn(C2CC2)c2cc(Cl)c(F)cc2c1=O. The average molecular weight is 363 g/mol. The number of halogens is 2. The molecular weight excluding hydrogens is 343 g/mol. The van der Waals surface area contributed by atoms with Crippen LogP contribution in [0.5, 0.6) is 0 Å². The van der Waals surface area contributed by atoms with E-state index in [1.165, 1.54) is 12.5 Å². The van der Waals surface area contributed by atoms with Gasteiger partial charge in [0.1, 0.15) is 11.4 Å². The van der Waals surface area contributed by atoms with Crippen molar-refractivity contribution in [1.29, 1.82) is 0 Å². The van der Waals surface area contributed by atoms with Crippen LogP contribution in [0.2, 0.25) is 5.02 Å². The minimum absolute atomic E-state index is 0.0132. The van der Waals surface area contributed by atoms with Crippen LogP contribution in [0.1, 0.15) is 61.3 Å². The number of hydrogen-bond acceptors (Lipinski definition) is 2. The minimum Gasteiger partial charge on any atom is -0.349 e. The molecule has 2 aliphatic carbocycles. The Morgan fingerprint density at radius 1 is 1.16 bits per heavy atom. The third-order valence-corrected chi connectivity index (χ3v) is 5.49. The number of hydrogen-bond donors (Lipinski definition) is 1. The van der Waals surface area contributed by atoms with Gasteiger partial charge in [0.25, 0.3) is 5.91 Å². The maximum atomic E-state index is 13.9. The second kappa shape index (κ2) is 6.45. The molecule has 2 fully saturated rings. The van der Waals surface area contributed by atoms with Crippen LogP contribution in [-0.2, 0) is 0 Å². The van der Waals surface area contributed by atoms with Gasteiger partial charge in [-0.1, -0.05) is 30.9 Å². The number of carbonyl (C=O) groups excluding carboxylic acids is 1. The summed E-state index contributed by atoms with van der Waals surface area (Å²) >= 11 is 5.90. The summed E-state index contributed by atoms with van der Waals surface area (Å²) in [7, 11) is 0. The highest BCUT2D eigenvalue weighted by Crippen LogP contribution is 2.37. The van der Waals surface area contributed by atoms with E-state index in [0.717, 1.165) is 44.6 Å². The first kappa shape index (κ1) is 16.6. The lowest BCUT2D eigenvalue weighted by atomic mass is 9.95. The van der Waals surface area contributed by atoms with E-state index in [2.05, 4.69) is 5.32 Å². The zero-order valence-corrected chi connectivity index (χ0v) is 14.6. The highest BCUT2D eigenvalue weighted by molar-refractivity contribution is 6.31. The second-order valence-corrected chi connectivity index (χ2v) is 7.51. The van der Waals surface area contributed by atoms with Gasteiger partial charge in [-0.3, -0.25) is 9.59 Å². The minimum atomic E-state index is -0.640. The zero-order valence-electron chi connectivity index (χ0n) is 13.9. The number of aromatic nitrogens is 1. The first-order chi connectivity index (χ1) is 12.0. The molecular formula is C19H20ClFN2O2. The fourth-order valence-corrected chi connectivity index (χ4v) is 3.83. The molecule has 1 amide bonds. The third kappa shape index (κ3) is 3.17. The van der Waals surface area contributed by atoms with E-state index in [4.69, 9.17) is 11.6 Å². The Bertz CT molecular complexity index is 898. The van der Waals surface area contributed by atoms with E-state index in [9.17, 15) is 14.0 Å². The first-order valence-corrected chi connectivity index (χ1v) is 9.27. The Morgan fingerprint density at radius 3 is 2.56 bits per heavy atom. The van der Waals surface area contributed by atoms with Crippen molar-refractivity contribution in [3.05, 3.63) is 45.0 Å². The van der Waals surface area contributed by atoms with Gasteiger partial charge in [0.15, 0.2) is 0 Å². The van der Waals surface area contributed by atoms with Crippen LogP contribution in [-0.4, -0.2) is 16.5 Å². The summed E-state index contributed by atoms with van der Waals surface area (Å²) in [5.41, 5.74) is 0.246. The van der Waals surface area contributed by atoms with E-state index in [-0.39, 0.29) is 34.0 Å². The molecule has 2 saturated carbocycles. The monoisotopic (exact) mass is 362 g/mol. The zero-order chi connectivity index (χ0) is 17.6. The number of nitrogens with zero attached hydrogens (tertiary/aromatic N) is 1. The molecule has 1 aromatic carbocycles. The van der Waals surface area contributed by atoms with E-state index in [1.807, 2.05) is 4.57 Å². The maximum Gasteiger partial charge on any atom is 0.256 e. The fraction of sp³-hybridized carbons (Fsp3) is 0.474. The lowest BCUT2D eigenvalue weighted by Crippen LogP contribution is -2.38. The Balaban J connectivity index is 1.78. The van der Waals surface area contributed by atoms with Crippen molar-refractivity contribution in [2.75, 3.05) is 0 Å².